The molecule has 0 aliphatic heterocycles. The van der Waals surface area contributed by atoms with Crippen LogP contribution in [0.4, 0.5) is 4.39 Å². The second kappa shape index (κ2) is 7.10. The van der Waals surface area contributed by atoms with Gasteiger partial charge in [-0.3, -0.25) is 4.79 Å². The van der Waals surface area contributed by atoms with Gasteiger partial charge in [-0.2, -0.15) is 5.26 Å². The van der Waals surface area contributed by atoms with E-state index in [1.807, 2.05) is 5.32 Å². The van der Waals surface area contributed by atoms with Crippen LogP contribution in [0.5, 0.6) is 0 Å². The first-order valence-corrected chi connectivity index (χ1v) is 8.17. The van der Waals surface area contributed by atoms with E-state index >= 15 is 0 Å². The summed E-state index contributed by atoms with van der Waals surface area (Å²) in [6.07, 6.45) is 2.00. The second-order valence-corrected chi connectivity index (χ2v) is 6.90. The van der Waals surface area contributed by atoms with E-state index in [9.17, 15) is 14.4 Å². The molecule has 2 rings (SSSR count). The summed E-state index contributed by atoms with van der Waals surface area (Å²) in [6.45, 7) is 6.20. The quantitative estimate of drug-likeness (QED) is 0.806. The lowest BCUT2D eigenvalue weighted by Gasteiger charge is -2.24. The second-order valence-electron chi connectivity index (χ2n) is 6.90. The summed E-state index contributed by atoms with van der Waals surface area (Å²) in [6, 6.07) is 8.72. The Bertz CT molecular complexity index is 589. The van der Waals surface area contributed by atoms with E-state index in [-0.39, 0.29) is 30.2 Å². The van der Waals surface area contributed by atoms with Gasteiger partial charge in [-0.25, -0.2) is 4.39 Å². The van der Waals surface area contributed by atoms with Gasteiger partial charge in [0.15, 0.2) is 6.54 Å². The number of nitrogens with one attached hydrogen (secondary N) is 1. The molecule has 0 radical (unpaired) electrons. The third kappa shape index (κ3) is 4.52. The number of rotatable bonds is 7. The maximum absolute atomic E-state index is 13.1. The molecule has 4 nitrogen and oxygen atoms in total. The summed E-state index contributed by atoms with van der Waals surface area (Å²) in [5.41, 5.74) is 0.244. The lowest BCUT2D eigenvalue weighted by Crippen LogP contribution is -2.88. The molecule has 1 aromatic rings. The maximum atomic E-state index is 13.1. The molecule has 0 saturated heterocycles. The van der Waals surface area contributed by atoms with Crippen molar-refractivity contribution in [3.05, 3.63) is 35.6 Å². The number of nitrogens with zero attached hydrogens (tertiary/aromatic N) is 1. The average Bonchev–Trinajstić information content (AvgIpc) is 3.34. The molecule has 3 N–H and O–H groups in total. The predicted molar refractivity (Wildman–Crippen MR) is 85.7 cm³/mol. The topological polar surface area (TPSA) is 69.5 Å². The normalized spacial score (nSPS) is 18.1. The van der Waals surface area contributed by atoms with Crippen LogP contribution in [0.2, 0.25) is 0 Å². The van der Waals surface area contributed by atoms with Crippen LogP contribution in [0.3, 0.4) is 0 Å². The first-order valence-electron chi connectivity index (χ1n) is 8.17. The number of quaternary nitrogens is 1. The maximum Gasteiger partial charge on any atom is 0.276 e. The van der Waals surface area contributed by atoms with Crippen molar-refractivity contribution < 1.29 is 14.5 Å². The summed E-state index contributed by atoms with van der Waals surface area (Å²) in [5, 5.41) is 14.1. The Labute approximate surface area is 137 Å². The fourth-order valence-corrected chi connectivity index (χ4v) is 2.93. The Kier molecular flexibility index (Phi) is 5.38. The lowest BCUT2D eigenvalue weighted by atomic mass is 9.95. The number of amides is 1. The molecule has 1 aliphatic carbocycles. The molecule has 1 fully saturated rings. The number of hydrogen-bond acceptors (Lipinski definition) is 2. The minimum absolute atomic E-state index is 0.0793. The standard InChI is InChI=1S/C18H24FN3O/c1-12(2)17(13-4-8-15(19)9-5-13)21-10-16(23)22-18(3,11-20)14-6-7-14/h4-5,8-9,12,14,17,21H,6-7,10H2,1-3H3,(H,22,23)/p+1/t17-,18+/m1/s1. The van der Waals surface area contributed by atoms with Crippen molar-refractivity contribution in [2.24, 2.45) is 11.8 Å². The summed E-state index contributed by atoms with van der Waals surface area (Å²) >= 11 is 0. The van der Waals surface area contributed by atoms with E-state index in [0.717, 1.165) is 18.4 Å². The van der Waals surface area contributed by atoms with Gasteiger partial charge in [0.1, 0.15) is 17.4 Å². The Morgan fingerprint density at radius 1 is 1.43 bits per heavy atom. The van der Waals surface area contributed by atoms with Crippen molar-refractivity contribution in [2.45, 2.75) is 45.2 Å². The molecular weight excluding hydrogens is 293 g/mol. The van der Waals surface area contributed by atoms with E-state index in [1.165, 1.54) is 12.1 Å². The molecule has 124 valence electrons. The van der Waals surface area contributed by atoms with Crippen LogP contribution in [0.15, 0.2) is 24.3 Å². The number of halogens is 1. The van der Waals surface area contributed by atoms with Gasteiger partial charge in [0.05, 0.1) is 6.07 Å². The fraction of sp³-hybridized carbons (Fsp3) is 0.556. The number of hydrogen-bond donors (Lipinski definition) is 2. The molecule has 1 aromatic carbocycles. The number of benzene rings is 1. The molecule has 0 heterocycles. The summed E-state index contributed by atoms with van der Waals surface area (Å²) in [7, 11) is 0. The molecule has 0 unspecified atom stereocenters. The van der Waals surface area contributed by atoms with E-state index in [2.05, 4.69) is 25.2 Å². The highest BCUT2D eigenvalue weighted by Gasteiger charge is 2.43. The Morgan fingerprint density at radius 3 is 2.52 bits per heavy atom. The predicted octanol–water partition coefficient (Wildman–Crippen LogP) is 1.89. The molecule has 1 saturated carbocycles. The van der Waals surface area contributed by atoms with Gasteiger partial charge in [0, 0.05) is 11.5 Å². The van der Waals surface area contributed by atoms with E-state index in [1.54, 1.807) is 19.1 Å². The Hall–Kier alpha value is -1.93. The van der Waals surface area contributed by atoms with Crippen LogP contribution in [-0.2, 0) is 4.79 Å². The third-order valence-electron chi connectivity index (χ3n) is 4.56. The zero-order valence-corrected chi connectivity index (χ0v) is 14.0. The van der Waals surface area contributed by atoms with E-state index in [4.69, 9.17) is 0 Å². The van der Waals surface area contributed by atoms with Crippen LogP contribution >= 0.6 is 0 Å². The van der Waals surface area contributed by atoms with Gasteiger partial charge >= 0.3 is 0 Å². The zero-order valence-electron chi connectivity index (χ0n) is 14.0. The smallest absolute Gasteiger partial charge is 0.276 e. The Morgan fingerprint density at radius 2 is 2.04 bits per heavy atom. The van der Waals surface area contributed by atoms with Crippen molar-refractivity contribution in [1.82, 2.24) is 5.32 Å². The first-order chi connectivity index (χ1) is 10.9. The number of nitriles is 1. The van der Waals surface area contributed by atoms with E-state index in [0.29, 0.717) is 5.92 Å². The number of carbonyl (C=O) groups excluding carboxylic acids is 1. The molecule has 0 spiro atoms. The van der Waals surface area contributed by atoms with E-state index < -0.39 is 5.54 Å². The van der Waals surface area contributed by atoms with Crippen molar-refractivity contribution in [3.63, 3.8) is 0 Å². The van der Waals surface area contributed by atoms with Gasteiger partial charge in [0.2, 0.25) is 0 Å². The van der Waals surface area contributed by atoms with Crippen LogP contribution in [-0.4, -0.2) is 18.0 Å². The third-order valence-corrected chi connectivity index (χ3v) is 4.56. The van der Waals surface area contributed by atoms with Crippen molar-refractivity contribution in [3.8, 4) is 6.07 Å². The molecule has 1 aliphatic rings. The highest BCUT2D eigenvalue weighted by Crippen LogP contribution is 2.39. The number of carbonyl (C=O) groups is 1. The minimum Gasteiger partial charge on any atom is -0.333 e. The van der Waals surface area contributed by atoms with Gasteiger partial charge < -0.3 is 10.6 Å². The molecule has 0 aromatic heterocycles. The first kappa shape index (κ1) is 17.4. The molecule has 5 heteroatoms. The molecule has 0 bridgehead atoms. The molecule has 2 atom stereocenters. The monoisotopic (exact) mass is 318 g/mol. The SMILES string of the molecule is CC(C)[C@@H]([NH2+]CC(=O)N[C@@](C)(C#N)C1CC1)c1ccc(F)cc1. The summed E-state index contributed by atoms with van der Waals surface area (Å²) in [5.74, 6) is 0.186. The lowest BCUT2D eigenvalue weighted by molar-refractivity contribution is -0.692. The van der Waals surface area contributed by atoms with Gasteiger partial charge in [-0.1, -0.05) is 26.0 Å². The highest BCUT2D eigenvalue weighted by molar-refractivity contribution is 5.78. The summed E-state index contributed by atoms with van der Waals surface area (Å²) < 4.78 is 13.1. The van der Waals surface area contributed by atoms with Crippen LogP contribution in [0, 0.1) is 29.0 Å². The van der Waals surface area contributed by atoms with Crippen LogP contribution < -0.4 is 10.6 Å². The van der Waals surface area contributed by atoms with Crippen molar-refractivity contribution in [2.75, 3.05) is 6.54 Å². The van der Waals surface area contributed by atoms with Gasteiger partial charge in [-0.15, -0.1) is 0 Å². The molecule has 1 amide bonds. The average molecular weight is 318 g/mol. The Balaban J connectivity index is 1.95. The largest absolute Gasteiger partial charge is 0.333 e. The van der Waals surface area contributed by atoms with Gasteiger partial charge in [-0.05, 0) is 37.8 Å². The van der Waals surface area contributed by atoms with Crippen molar-refractivity contribution in [1.29, 1.82) is 5.26 Å². The van der Waals surface area contributed by atoms with Gasteiger partial charge in [0.25, 0.3) is 5.91 Å². The van der Waals surface area contributed by atoms with Crippen LogP contribution in [0.25, 0.3) is 0 Å². The fourth-order valence-electron chi connectivity index (χ4n) is 2.93. The minimum atomic E-state index is -0.756. The summed E-state index contributed by atoms with van der Waals surface area (Å²) in [4.78, 5) is 12.2. The highest BCUT2D eigenvalue weighted by atomic mass is 19.1. The molecule has 23 heavy (non-hydrogen) atoms. The zero-order chi connectivity index (χ0) is 17.0. The number of nitrogens with two attached hydrogens (primary N) is 1. The van der Waals surface area contributed by atoms with Crippen LogP contribution in [0.1, 0.15) is 45.2 Å². The molecular formula is C18H25FN3O+. The van der Waals surface area contributed by atoms with Crippen molar-refractivity contribution >= 4 is 5.91 Å².